The number of rotatable bonds is 1. The second kappa shape index (κ2) is 5.47. The van der Waals surface area contributed by atoms with E-state index in [1.807, 2.05) is 0 Å². The van der Waals surface area contributed by atoms with E-state index < -0.39 is 17.5 Å². The van der Waals surface area contributed by atoms with Gasteiger partial charge in [-0.3, -0.25) is 0 Å². The summed E-state index contributed by atoms with van der Waals surface area (Å²) < 4.78 is 18.4. The smallest absolute Gasteiger partial charge is 0.407 e. The molecule has 2 N–H and O–H groups in total. The Balaban J connectivity index is 2.05. The Morgan fingerprint density at radius 3 is 2.95 bits per heavy atom. The number of ether oxygens (including phenoxy) is 1. The van der Waals surface area contributed by atoms with Crippen LogP contribution in [0.3, 0.4) is 0 Å². The summed E-state index contributed by atoms with van der Waals surface area (Å²) in [5.41, 5.74) is 0.139. The van der Waals surface area contributed by atoms with E-state index in [1.54, 1.807) is 20.8 Å². The van der Waals surface area contributed by atoms with E-state index in [2.05, 4.69) is 28.2 Å². The van der Waals surface area contributed by atoms with Crippen molar-refractivity contribution in [2.45, 2.75) is 44.2 Å². The maximum Gasteiger partial charge on any atom is 0.407 e. The molecule has 0 aromatic carbocycles. The maximum atomic E-state index is 13.2. The average Bonchev–Trinajstić information content (AvgIpc) is 2.28. The Hall–Kier alpha value is -1.50. The number of nitrogens with zero attached hydrogens (tertiary/aromatic N) is 1. The fraction of sp³-hybridized carbons (Fsp3) is 0.538. The number of carbonyl (C=O) groups excluding carboxylic acids is 1. The van der Waals surface area contributed by atoms with Gasteiger partial charge in [0.15, 0.2) is 0 Å². The standard InChI is InChI=1S/C13H18FN3O2S/c1-13(2,3)19-12(18)16-9-5-7-4-8(14)6-15-10(7)17-11(9)20/h4,6,9,11,20H,5H2,1-3H3,(H,15,17)(H,16,18)/t9-,11-/m0/s1. The molecule has 110 valence electrons. The molecule has 1 amide bonds. The van der Waals surface area contributed by atoms with Crippen molar-refractivity contribution in [3.63, 3.8) is 0 Å². The highest BCUT2D eigenvalue weighted by molar-refractivity contribution is 7.81. The van der Waals surface area contributed by atoms with Crippen molar-refractivity contribution in [1.82, 2.24) is 10.3 Å². The minimum absolute atomic E-state index is 0.302. The monoisotopic (exact) mass is 299 g/mol. The number of nitrogens with one attached hydrogen (secondary N) is 2. The Morgan fingerprint density at radius 2 is 2.30 bits per heavy atom. The molecular weight excluding hydrogens is 281 g/mol. The number of hydrogen-bond acceptors (Lipinski definition) is 5. The number of alkyl carbamates (subject to hydrolysis) is 1. The van der Waals surface area contributed by atoms with Crippen molar-refractivity contribution in [2.24, 2.45) is 0 Å². The highest BCUT2D eigenvalue weighted by Crippen LogP contribution is 2.25. The third kappa shape index (κ3) is 3.75. The van der Waals surface area contributed by atoms with Crippen LogP contribution in [0.25, 0.3) is 0 Å². The number of hydrogen-bond donors (Lipinski definition) is 3. The first-order valence-corrected chi connectivity index (χ1v) is 6.85. The quantitative estimate of drug-likeness (QED) is 0.697. The van der Waals surface area contributed by atoms with Crippen molar-refractivity contribution in [3.8, 4) is 0 Å². The van der Waals surface area contributed by atoms with E-state index in [-0.39, 0.29) is 11.4 Å². The van der Waals surface area contributed by atoms with Gasteiger partial charge in [-0.1, -0.05) is 0 Å². The third-order valence-electron chi connectivity index (χ3n) is 2.74. The van der Waals surface area contributed by atoms with Crippen LogP contribution in [-0.2, 0) is 11.2 Å². The topological polar surface area (TPSA) is 63.2 Å². The van der Waals surface area contributed by atoms with Gasteiger partial charge >= 0.3 is 6.09 Å². The van der Waals surface area contributed by atoms with Gasteiger partial charge in [-0.2, -0.15) is 12.6 Å². The molecule has 20 heavy (non-hydrogen) atoms. The molecule has 0 saturated heterocycles. The number of thiol groups is 1. The molecule has 1 aromatic heterocycles. The summed E-state index contributed by atoms with van der Waals surface area (Å²) in [7, 11) is 0. The molecule has 0 radical (unpaired) electrons. The minimum Gasteiger partial charge on any atom is -0.444 e. The van der Waals surface area contributed by atoms with E-state index in [0.29, 0.717) is 17.8 Å². The number of aromatic nitrogens is 1. The van der Waals surface area contributed by atoms with E-state index >= 15 is 0 Å². The van der Waals surface area contributed by atoms with Crippen LogP contribution in [0.1, 0.15) is 26.3 Å². The van der Waals surface area contributed by atoms with Crippen LogP contribution in [0.4, 0.5) is 15.0 Å². The molecule has 2 atom stereocenters. The largest absolute Gasteiger partial charge is 0.444 e. The number of amides is 1. The summed E-state index contributed by atoms with van der Waals surface area (Å²) in [6, 6.07) is 1.10. The van der Waals surface area contributed by atoms with Crippen molar-refractivity contribution in [1.29, 1.82) is 0 Å². The van der Waals surface area contributed by atoms with Gasteiger partial charge in [0, 0.05) is 0 Å². The molecular formula is C13H18FN3O2S. The zero-order valence-electron chi connectivity index (χ0n) is 11.6. The van der Waals surface area contributed by atoms with Gasteiger partial charge in [0.05, 0.1) is 17.6 Å². The Kier molecular flexibility index (Phi) is 4.08. The first-order valence-electron chi connectivity index (χ1n) is 6.33. The predicted molar refractivity (Wildman–Crippen MR) is 77.5 cm³/mol. The van der Waals surface area contributed by atoms with Gasteiger partial charge in [-0.15, -0.1) is 0 Å². The zero-order chi connectivity index (χ0) is 14.9. The molecule has 0 fully saturated rings. The van der Waals surface area contributed by atoms with Crippen LogP contribution in [0, 0.1) is 5.82 Å². The average molecular weight is 299 g/mol. The summed E-state index contributed by atoms with van der Waals surface area (Å²) in [5.74, 6) is 0.188. The van der Waals surface area contributed by atoms with E-state index in [9.17, 15) is 9.18 Å². The molecule has 1 aliphatic rings. The molecule has 0 unspecified atom stereocenters. The Morgan fingerprint density at radius 1 is 1.60 bits per heavy atom. The molecule has 7 heteroatoms. The van der Waals surface area contributed by atoms with E-state index in [0.717, 1.165) is 6.20 Å². The van der Waals surface area contributed by atoms with Crippen LogP contribution in [0.15, 0.2) is 12.3 Å². The number of halogens is 1. The van der Waals surface area contributed by atoms with Crippen LogP contribution in [0.2, 0.25) is 0 Å². The van der Waals surface area contributed by atoms with Gasteiger partial charge < -0.3 is 15.4 Å². The van der Waals surface area contributed by atoms with Crippen molar-refractivity contribution in [3.05, 3.63) is 23.6 Å². The van der Waals surface area contributed by atoms with E-state index in [4.69, 9.17) is 4.74 Å². The first-order chi connectivity index (χ1) is 9.24. The molecule has 0 aliphatic carbocycles. The second-order valence-electron chi connectivity index (χ2n) is 5.71. The summed E-state index contributed by atoms with van der Waals surface area (Å²) in [5, 5.41) is 5.44. The number of fused-ring (bicyclic) bond motifs is 1. The van der Waals surface area contributed by atoms with Crippen molar-refractivity contribution < 1.29 is 13.9 Å². The van der Waals surface area contributed by atoms with Crippen molar-refractivity contribution >= 4 is 24.5 Å². The summed E-state index contributed by atoms with van der Waals surface area (Å²) in [4.78, 5) is 15.7. The summed E-state index contributed by atoms with van der Waals surface area (Å²) >= 11 is 4.38. The first kappa shape index (κ1) is 14.9. The van der Waals surface area contributed by atoms with Crippen molar-refractivity contribution in [2.75, 3.05) is 5.32 Å². The SMILES string of the molecule is CC(C)(C)OC(=O)N[C@H]1Cc2cc(F)cnc2N[C@H]1S. The molecule has 5 nitrogen and oxygen atoms in total. The minimum atomic E-state index is -0.566. The lowest BCUT2D eigenvalue weighted by Crippen LogP contribution is -2.49. The second-order valence-corrected chi connectivity index (χ2v) is 6.26. The zero-order valence-corrected chi connectivity index (χ0v) is 12.5. The highest BCUT2D eigenvalue weighted by atomic mass is 32.1. The number of pyridine rings is 1. The number of anilines is 1. The highest BCUT2D eigenvalue weighted by Gasteiger charge is 2.29. The summed E-state index contributed by atoms with van der Waals surface area (Å²) in [6.07, 6.45) is 1.07. The molecule has 0 saturated carbocycles. The lowest BCUT2D eigenvalue weighted by molar-refractivity contribution is 0.0504. The lowest BCUT2D eigenvalue weighted by Gasteiger charge is -2.32. The third-order valence-corrected chi connectivity index (χ3v) is 3.23. The van der Waals surface area contributed by atoms with Crippen LogP contribution >= 0.6 is 12.6 Å². The fourth-order valence-corrected chi connectivity index (χ4v) is 2.25. The lowest BCUT2D eigenvalue weighted by atomic mass is 10.0. The number of carbonyl (C=O) groups is 1. The van der Waals surface area contributed by atoms with Gasteiger partial charge in [-0.25, -0.2) is 14.2 Å². The van der Waals surface area contributed by atoms with Crippen LogP contribution in [-0.4, -0.2) is 28.1 Å². The molecule has 1 aliphatic heterocycles. The summed E-state index contributed by atoms with van der Waals surface area (Å²) in [6.45, 7) is 5.37. The molecule has 0 spiro atoms. The normalized spacial score (nSPS) is 21.6. The van der Waals surface area contributed by atoms with Gasteiger partial charge in [0.1, 0.15) is 17.2 Å². The van der Waals surface area contributed by atoms with Crippen LogP contribution < -0.4 is 10.6 Å². The molecule has 1 aromatic rings. The molecule has 0 bridgehead atoms. The maximum absolute atomic E-state index is 13.2. The van der Waals surface area contributed by atoms with Crippen LogP contribution in [0.5, 0.6) is 0 Å². The molecule has 2 rings (SSSR count). The van der Waals surface area contributed by atoms with Gasteiger partial charge in [0.25, 0.3) is 0 Å². The Labute approximate surface area is 122 Å². The Bertz CT molecular complexity index is 519. The van der Waals surface area contributed by atoms with Gasteiger partial charge in [0.2, 0.25) is 0 Å². The molecule has 2 heterocycles. The van der Waals surface area contributed by atoms with Gasteiger partial charge in [-0.05, 0) is 38.8 Å². The fourth-order valence-electron chi connectivity index (χ4n) is 1.94. The predicted octanol–water partition coefficient (Wildman–Crippen LogP) is 2.34. The van der Waals surface area contributed by atoms with E-state index in [1.165, 1.54) is 6.07 Å².